The molecular formula is C43H50N2O6. The van der Waals surface area contributed by atoms with Crippen molar-refractivity contribution in [3.05, 3.63) is 119 Å². The third-order valence-electron chi connectivity index (χ3n) is 7.95. The molecule has 4 aromatic carbocycles. The maximum absolute atomic E-state index is 12.5. The normalized spacial score (nSPS) is 11.2. The van der Waals surface area contributed by atoms with Crippen LogP contribution in [0.1, 0.15) is 103 Å². The molecular weight excluding hydrogens is 640 g/mol. The Bertz CT molecular complexity index is 1520. The Morgan fingerprint density at radius 3 is 1.22 bits per heavy atom. The molecule has 51 heavy (non-hydrogen) atoms. The van der Waals surface area contributed by atoms with Gasteiger partial charge in [-0.15, -0.1) is 0 Å². The van der Waals surface area contributed by atoms with Gasteiger partial charge < -0.3 is 18.9 Å². The molecule has 0 spiro atoms. The third-order valence-corrected chi connectivity index (χ3v) is 7.95. The zero-order valence-electron chi connectivity index (χ0n) is 29.9. The third kappa shape index (κ3) is 14.6. The Hall–Kier alpha value is -5.24. The summed E-state index contributed by atoms with van der Waals surface area (Å²) in [6.45, 7) is 7.13. The molecule has 0 atom stereocenters. The number of hydrogen-bond acceptors (Lipinski definition) is 8. The molecule has 268 valence electrons. The van der Waals surface area contributed by atoms with Crippen LogP contribution >= 0.6 is 0 Å². The summed E-state index contributed by atoms with van der Waals surface area (Å²) in [5.74, 6) is 1.66. The summed E-state index contributed by atoms with van der Waals surface area (Å²) in [5.41, 5.74) is 2.84. The van der Waals surface area contributed by atoms with E-state index in [1.54, 1.807) is 72.8 Å². The zero-order valence-corrected chi connectivity index (χ0v) is 29.9. The number of carbonyl (C=O) groups is 2. The fraction of sp³-hybridized carbons (Fsp3) is 0.349. The number of ether oxygens (including phenoxy) is 4. The predicted molar refractivity (Wildman–Crippen MR) is 204 cm³/mol. The summed E-state index contributed by atoms with van der Waals surface area (Å²) in [7, 11) is 0. The van der Waals surface area contributed by atoms with E-state index in [2.05, 4.69) is 23.8 Å². The highest BCUT2D eigenvalue weighted by Crippen LogP contribution is 2.19. The van der Waals surface area contributed by atoms with Crippen molar-refractivity contribution in [3.8, 4) is 23.0 Å². The summed E-state index contributed by atoms with van der Waals surface area (Å²) in [5, 5.41) is 0. The zero-order chi connectivity index (χ0) is 35.9. The first-order valence-corrected chi connectivity index (χ1v) is 18.1. The van der Waals surface area contributed by atoms with E-state index in [0.717, 1.165) is 93.5 Å². The Kier molecular flexibility index (Phi) is 17.0. The minimum atomic E-state index is -0.406. The van der Waals surface area contributed by atoms with E-state index < -0.39 is 11.9 Å². The molecule has 0 aliphatic carbocycles. The quantitative estimate of drug-likeness (QED) is 0.0353. The van der Waals surface area contributed by atoms with E-state index in [9.17, 15) is 9.59 Å². The van der Waals surface area contributed by atoms with Crippen LogP contribution in [0.5, 0.6) is 23.0 Å². The molecule has 4 aromatic rings. The van der Waals surface area contributed by atoms with E-state index in [-0.39, 0.29) is 0 Å². The van der Waals surface area contributed by atoms with Crippen molar-refractivity contribution in [2.45, 2.75) is 71.6 Å². The minimum absolute atomic E-state index is 0.406. The second kappa shape index (κ2) is 22.5. The summed E-state index contributed by atoms with van der Waals surface area (Å²) in [6.07, 6.45) is 13.3. The van der Waals surface area contributed by atoms with Crippen molar-refractivity contribution in [1.29, 1.82) is 0 Å². The lowest BCUT2D eigenvalue weighted by atomic mass is 10.2. The van der Waals surface area contributed by atoms with Crippen LogP contribution in [0.25, 0.3) is 0 Å². The first-order valence-electron chi connectivity index (χ1n) is 18.1. The molecule has 0 saturated heterocycles. The highest BCUT2D eigenvalue weighted by Gasteiger charge is 2.10. The van der Waals surface area contributed by atoms with Gasteiger partial charge in [-0.2, -0.15) is 0 Å². The largest absolute Gasteiger partial charge is 0.494 e. The van der Waals surface area contributed by atoms with Crippen molar-refractivity contribution >= 4 is 24.4 Å². The lowest BCUT2D eigenvalue weighted by molar-refractivity contribution is 0.0725. The van der Waals surface area contributed by atoms with Gasteiger partial charge in [0.05, 0.1) is 24.3 Å². The maximum atomic E-state index is 12.5. The van der Waals surface area contributed by atoms with Crippen LogP contribution in [-0.2, 0) is 0 Å². The molecule has 0 radical (unpaired) electrons. The number of unbranched alkanes of at least 4 members (excludes halogenated alkanes) is 6. The molecule has 0 bridgehead atoms. The van der Waals surface area contributed by atoms with E-state index >= 15 is 0 Å². The first-order chi connectivity index (χ1) is 25.0. The average molecular weight is 691 g/mol. The number of hydrogen-bond donors (Lipinski definition) is 0. The number of nitrogens with zero attached hydrogens (tertiary/aromatic N) is 2. The molecule has 0 aliphatic heterocycles. The van der Waals surface area contributed by atoms with Crippen LogP contribution in [0, 0.1) is 0 Å². The van der Waals surface area contributed by atoms with Crippen LogP contribution in [0.4, 0.5) is 0 Å². The van der Waals surface area contributed by atoms with Crippen molar-refractivity contribution < 1.29 is 28.5 Å². The molecule has 0 amide bonds. The maximum Gasteiger partial charge on any atom is 0.343 e. The second-order valence-corrected chi connectivity index (χ2v) is 12.2. The fourth-order valence-electron chi connectivity index (χ4n) is 4.96. The van der Waals surface area contributed by atoms with Crippen molar-refractivity contribution in [3.63, 3.8) is 0 Å². The van der Waals surface area contributed by atoms with Crippen molar-refractivity contribution in [2.24, 2.45) is 9.98 Å². The van der Waals surface area contributed by atoms with Gasteiger partial charge in [0.25, 0.3) is 0 Å². The van der Waals surface area contributed by atoms with Gasteiger partial charge in [0.15, 0.2) is 0 Å². The molecule has 0 aliphatic rings. The van der Waals surface area contributed by atoms with Gasteiger partial charge in [0.1, 0.15) is 23.0 Å². The van der Waals surface area contributed by atoms with Crippen LogP contribution in [0.15, 0.2) is 107 Å². The van der Waals surface area contributed by atoms with Gasteiger partial charge >= 0.3 is 11.9 Å². The number of aliphatic imine (C=N–C) groups is 2. The van der Waals surface area contributed by atoms with Crippen LogP contribution in [-0.4, -0.2) is 50.7 Å². The molecule has 0 heterocycles. The molecule has 0 saturated carbocycles. The molecule has 8 nitrogen and oxygen atoms in total. The summed E-state index contributed by atoms with van der Waals surface area (Å²) in [4.78, 5) is 34.1. The van der Waals surface area contributed by atoms with Gasteiger partial charge in [0.2, 0.25) is 0 Å². The first kappa shape index (κ1) is 38.6. The van der Waals surface area contributed by atoms with E-state index in [0.29, 0.717) is 35.8 Å². The van der Waals surface area contributed by atoms with E-state index in [1.165, 1.54) is 0 Å². The topological polar surface area (TPSA) is 95.8 Å². The van der Waals surface area contributed by atoms with Gasteiger partial charge in [-0.1, -0.05) is 39.5 Å². The van der Waals surface area contributed by atoms with E-state index in [1.807, 2.05) is 36.7 Å². The summed E-state index contributed by atoms with van der Waals surface area (Å²) >= 11 is 0. The van der Waals surface area contributed by atoms with Gasteiger partial charge in [-0.25, -0.2) is 9.59 Å². The van der Waals surface area contributed by atoms with Crippen molar-refractivity contribution in [1.82, 2.24) is 0 Å². The standard InChI is InChI=1S/C43H50N2O6/c1-3-5-10-30-48-38-24-16-36(17-25-38)42(46)50-40-20-12-34(13-21-40)32-44-28-8-7-9-29-45-33-35-14-22-41(23-15-35)51-43(47)37-18-26-39(27-19-37)49-31-11-6-4-2/h12-27,32-33H,3-11,28-31H2,1-2H3. The van der Waals surface area contributed by atoms with Gasteiger partial charge in [0, 0.05) is 25.5 Å². The highest BCUT2D eigenvalue weighted by atomic mass is 16.5. The van der Waals surface area contributed by atoms with Crippen LogP contribution in [0.3, 0.4) is 0 Å². The predicted octanol–water partition coefficient (Wildman–Crippen LogP) is 9.97. The smallest absolute Gasteiger partial charge is 0.343 e. The number of benzene rings is 4. The number of carbonyl (C=O) groups excluding carboxylic acids is 2. The van der Waals surface area contributed by atoms with Crippen molar-refractivity contribution in [2.75, 3.05) is 26.3 Å². The minimum Gasteiger partial charge on any atom is -0.494 e. The number of rotatable bonds is 22. The average Bonchev–Trinajstić information content (AvgIpc) is 3.16. The molecule has 0 N–H and O–H groups in total. The van der Waals surface area contributed by atoms with Crippen LogP contribution < -0.4 is 18.9 Å². The Morgan fingerprint density at radius 1 is 0.471 bits per heavy atom. The Balaban J connectivity index is 1.07. The highest BCUT2D eigenvalue weighted by molar-refractivity contribution is 5.92. The van der Waals surface area contributed by atoms with Gasteiger partial charge in [-0.3, -0.25) is 9.98 Å². The Morgan fingerprint density at radius 2 is 0.843 bits per heavy atom. The molecule has 4 rings (SSSR count). The lowest BCUT2D eigenvalue weighted by Crippen LogP contribution is -2.08. The van der Waals surface area contributed by atoms with E-state index in [4.69, 9.17) is 18.9 Å². The molecule has 8 heteroatoms. The fourth-order valence-corrected chi connectivity index (χ4v) is 4.96. The second-order valence-electron chi connectivity index (χ2n) is 12.2. The van der Waals surface area contributed by atoms with Crippen LogP contribution in [0.2, 0.25) is 0 Å². The van der Waals surface area contributed by atoms with Gasteiger partial charge in [-0.05, 0) is 140 Å². The number of esters is 2. The summed E-state index contributed by atoms with van der Waals surface area (Å²) in [6, 6.07) is 28.7. The lowest BCUT2D eigenvalue weighted by Gasteiger charge is -2.07. The SMILES string of the molecule is CCCCCOc1ccc(C(=O)Oc2ccc(C=NCCCCCN=Cc3ccc(OC(=O)c4ccc(OCCCCC)cc4)cc3)cc2)cc1. The molecule has 0 fully saturated rings. The monoisotopic (exact) mass is 690 g/mol. The Labute approximate surface area is 302 Å². The summed E-state index contributed by atoms with van der Waals surface area (Å²) < 4.78 is 22.5. The molecule has 0 unspecified atom stereocenters. The molecule has 0 aromatic heterocycles.